The SMILES string of the molecule is CCOC(=O)C[C@H](N)c1ccc(OC(F)F)c(OCC)c1. The number of rotatable bonds is 8. The van der Waals surface area contributed by atoms with Gasteiger partial charge in [-0.15, -0.1) is 0 Å². The molecule has 1 atom stereocenters. The fraction of sp³-hybridized carbons (Fsp3) is 0.500. The summed E-state index contributed by atoms with van der Waals surface area (Å²) in [6, 6.07) is 3.75. The molecule has 2 N–H and O–H groups in total. The number of carbonyl (C=O) groups excluding carboxylic acids is 1. The highest BCUT2D eigenvalue weighted by atomic mass is 19.3. The Bertz CT molecular complexity index is 468. The number of hydrogen-bond donors (Lipinski definition) is 1. The van der Waals surface area contributed by atoms with Crippen LogP contribution in [0.3, 0.4) is 0 Å². The molecule has 21 heavy (non-hydrogen) atoms. The fourth-order valence-electron chi connectivity index (χ4n) is 1.73. The Labute approximate surface area is 122 Å². The number of alkyl halides is 2. The normalized spacial score (nSPS) is 12.1. The molecule has 1 aromatic rings. The molecule has 5 nitrogen and oxygen atoms in total. The van der Waals surface area contributed by atoms with Crippen molar-refractivity contribution < 1.29 is 27.8 Å². The molecule has 0 unspecified atom stereocenters. The third-order valence-electron chi connectivity index (χ3n) is 2.60. The molecular weight excluding hydrogens is 284 g/mol. The van der Waals surface area contributed by atoms with Crippen molar-refractivity contribution in [1.82, 2.24) is 0 Å². The van der Waals surface area contributed by atoms with Crippen LogP contribution < -0.4 is 15.2 Å². The first-order valence-electron chi connectivity index (χ1n) is 6.60. The van der Waals surface area contributed by atoms with Crippen LogP contribution in [0.25, 0.3) is 0 Å². The van der Waals surface area contributed by atoms with E-state index in [1.807, 2.05) is 0 Å². The predicted octanol–water partition coefficient (Wildman–Crippen LogP) is 2.64. The van der Waals surface area contributed by atoms with Gasteiger partial charge in [-0.05, 0) is 31.5 Å². The van der Waals surface area contributed by atoms with Gasteiger partial charge in [0.15, 0.2) is 11.5 Å². The lowest BCUT2D eigenvalue weighted by Gasteiger charge is -2.16. The number of hydrogen-bond acceptors (Lipinski definition) is 5. The Kier molecular flexibility index (Phi) is 6.87. The summed E-state index contributed by atoms with van der Waals surface area (Å²) in [5.74, 6) is -0.329. The van der Waals surface area contributed by atoms with E-state index in [9.17, 15) is 13.6 Å². The maximum Gasteiger partial charge on any atom is 0.387 e. The number of esters is 1. The molecule has 0 saturated carbocycles. The summed E-state index contributed by atoms with van der Waals surface area (Å²) in [5, 5.41) is 0. The largest absolute Gasteiger partial charge is 0.490 e. The summed E-state index contributed by atoms with van der Waals surface area (Å²) in [4.78, 5) is 11.4. The van der Waals surface area contributed by atoms with Gasteiger partial charge in [0, 0.05) is 6.04 Å². The van der Waals surface area contributed by atoms with E-state index in [4.69, 9.17) is 15.2 Å². The van der Waals surface area contributed by atoms with Gasteiger partial charge in [0.25, 0.3) is 0 Å². The average molecular weight is 303 g/mol. The maximum absolute atomic E-state index is 12.3. The van der Waals surface area contributed by atoms with Crippen molar-refractivity contribution in [2.45, 2.75) is 32.9 Å². The van der Waals surface area contributed by atoms with E-state index >= 15 is 0 Å². The Morgan fingerprint density at radius 3 is 2.52 bits per heavy atom. The summed E-state index contributed by atoms with van der Waals surface area (Å²) in [5.41, 5.74) is 6.47. The minimum atomic E-state index is -2.94. The van der Waals surface area contributed by atoms with Crippen LogP contribution in [-0.4, -0.2) is 25.8 Å². The second-order valence-corrected chi connectivity index (χ2v) is 4.13. The molecule has 118 valence electrons. The second kappa shape index (κ2) is 8.41. The van der Waals surface area contributed by atoms with Crippen LogP contribution in [0.2, 0.25) is 0 Å². The third-order valence-corrected chi connectivity index (χ3v) is 2.60. The van der Waals surface area contributed by atoms with Crippen molar-refractivity contribution in [2.75, 3.05) is 13.2 Å². The Balaban J connectivity index is 2.88. The minimum absolute atomic E-state index is 0.00550. The monoisotopic (exact) mass is 303 g/mol. The zero-order valence-corrected chi connectivity index (χ0v) is 12.0. The minimum Gasteiger partial charge on any atom is -0.490 e. The lowest BCUT2D eigenvalue weighted by atomic mass is 10.0. The van der Waals surface area contributed by atoms with Crippen molar-refractivity contribution in [3.05, 3.63) is 23.8 Å². The first-order chi connectivity index (χ1) is 9.97. The van der Waals surface area contributed by atoms with Gasteiger partial charge in [0.05, 0.1) is 19.6 Å². The van der Waals surface area contributed by atoms with Gasteiger partial charge >= 0.3 is 12.6 Å². The zero-order valence-electron chi connectivity index (χ0n) is 12.0. The Hall–Kier alpha value is -1.89. The summed E-state index contributed by atoms with van der Waals surface area (Å²) >= 11 is 0. The number of benzene rings is 1. The lowest BCUT2D eigenvalue weighted by molar-refractivity contribution is -0.143. The molecule has 7 heteroatoms. The van der Waals surface area contributed by atoms with Gasteiger partial charge in [0.1, 0.15) is 0 Å². The Morgan fingerprint density at radius 2 is 1.95 bits per heavy atom. The van der Waals surface area contributed by atoms with Gasteiger partial charge in [0.2, 0.25) is 0 Å². The van der Waals surface area contributed by atoms with Crippen molar-refractivity contribution in [1.29, 1.82) is 0 Å². The van der Waals surface area contributed by atoms with Crippen LogP contribution in [-0.2, 0) is 9.53 Å². The van der Waals surface area contributed by atoms with Gasteiger partial charge < -0.3 is 19.9 Å². The van der Waals surface area contributed by atoms with Crippen LogP contribution in [0.15, 0.2) is 18.2 Å². The highest BCUT2D eigenvalue weighted by molar-refractivity contribution is 5.70. The molecule has 0 radical (unpaired) electrons. The molecule has 0 aliphatic carbocycles. The molecule has 0 spiro atoms. The van der Waals surface area contributed by atoms with E-state index < -0.39 is 18.6 Å². The second-order valence-electron chi connectivity index (χ2n) is 4.13. The van der Waals surface area contributed by atoms with Crippen molar-refractivity contribution >= 4 is 5.97 Å². The van der Waals surface area contributed by atoms with E-state index in [2.05, 4.69) is 4.74 Å². The molecule has 0 aliphatic rings. The van der Waals surface area contributed by atoms with Gasteiger partial charge in [-0.2, -0.15) is 8.78 Å². The number of nitrogens with two attached hydrogens (primary N) is 1. The van der Waals surface area contributed by atoms with Crippen LogP contribution >= 0.6 is 0 Å². The third kappa shape index (κ3) is 5.55. The van der Waals surface area contributed by atoms with Gasteiger partial charge in [-0.25, -0.2) is 0 Å². The van der Waals surface area contributed by atoms with E-state index in [0.29, 0.717) is 5.56 Å². The summed E-state index contributed by atoms with van der Waals surface area (Å²) in [6.07, 6.45) is -0.00550. The molecule has 0 aliphatic heterocycles. The summed E-state index contributed by atoms with van der Waals surface area (Å²) in [7, 11) is 0. The van der Waals surface area contributed by atoms with Crippen molar-refractivity contribution in [2.24, 2.45) is 5.73 Å². The molecule has 0 bridgehead atoms. The van der Waals surface area contributed by atoms with E-state index in [1.54, 1.807) is 13.8 Å². The van der Waals surface area contributed by atoms with Crippen molar-refractivity contribution in [3.63, 3.8) is 0 Å². The molecule has 0 heterocycles. The smallest absolute Gasteiger partial charge is 0.387 e. The molecule has 0 fully saturated rings. The standard InChI is InChI=1S/C14H19F2NO4/c1-3-19-12-7-9(5-6-11(12)21-14(15)16)10(17)8-13(18)20-4-2/h5-7,10,14H,3-4,8,17H2,1-2H3/t10-/m0/s1. The number of ether oxygens (including phenoxy) is 3. The molecular formula is C14H19F2NO4. The predicted molar refractivity (Wildman–Crippen MR) is 72.4 cm³/mol. The van der Waals surface area contributed by atoms with Crippen LogP contribution in [0.1, 0.15) is 31.9 Å². The van der Waals surface area contributed by atoms with Crippen LogP contribution in [0.5, 0.6) is 11.5 Å². The van der Waals surface area contributed by atoms with E-state index in [1.165, 1.54) is 18.2 Å². The van der Waals surface area contributed by atoms with Gasteiger partial charge in [-0.3, -0.25) is 4.79 Å². The first-order valence-corrected chi connectivity index (χ1v) is 6.60. The maximum atomic E-state index is 12.3. The molecule has 1 aromatic carbocycles. The quantitative estimate of drug-likeness (QED) is 0.748. The molecule has 0 aromatic heterocycles. The fourth-order valence-corrected chi connectivity index (χ4v) is 1.73. The zero-order chi connectivity index (χ0) is 15.8. The topological polar surface area (TPSA) is 70.8 Å². The van der Waals surface area contributed by atoms with Gasteiger partial charge in [-0.1, -0.05) is 6.07 Å². The average Bonchev–Trinajstić information content (AvgIpc) is 2.40. The first kappa shape index (κ1) is 17.2. The molecule has 1 rings (SSSR count). The highest BCUT2D eigenvalue weighted by Gasteiger charge is 2.17. The Morgan fingerprint density at radius 1 is 1.24 bits per heavy atom. The summed E-state index contributed by atoms with van der Waals surface area (Å²) < 4.78 is 39.0. The van der Waals surface area contributed by atoms with Crippen LogP contribution in [0, 0.1) is 0 Å². The number of carbonyl (C=O) groups is 1. The lowest BCUT2D eigenvalue weighted by Crippen LogP contribution is -2.17. The highest BCUT2D eigenvalue weighted by Crippen LogP contribution is 2.32. The molecule has 0 amide bonds. The summed E-state index contributed by atoms with van der Waals surface area (Å²) in [6.45, 7) is 1.04. The van der Waals surface area contributed by atoms with Crippen LogP contribution in [0.4, 0.5) is 8.78 Å². The van der Waals surface area contributed by atoms with E-state index in [0.717, 1.165) is 0 Å². The number of halogens is 2. The van der Waals surface area contributed by atoms with E-state index in [-0.39, 0.29) is 31.1 Å². The van der Waals surface area contributed by atoms with Crippen molar-refractivity contribution in [3.8, 4) is 11.5 Å². The molecule has 0 saturated heterocycles.